The fraction of sp³-hybridized carbons (Fsp3) is 0.600. The van der Waals surface area contributed by atoms with Crippen molar-refractivity contribution < 1.29 is 14.2 Å². The molecule has 15 heavy (non-hydrogen) atoms. The molecule has 1 saturated heterocycles. The molecule has 5 heteroatoms. The van der Waals surface area contributed by atoms with E-state index >= 15 is 0 Å². The molecular weight excluding hydrogens is 196 g/mol. The lowest BCUT2D eigenvalue weighted by molar-refractivity contribution is -0.141. The van der Waals surface area contributed by atoms with Gasteiger partial charge in [-0.1, -0.05) is 0 Å². The maximum absolute atomic E-state index is 5.57. The van der Waals surface area contributed by atoms with Gasteiger partial charge in [-0.25, -0.2) is 9.97 Å². The van der Waals surface area contributed by atoms with Crippen LogP contribution in [0.4, 0.5) is 0 Å². The Bertz CT molecular complexity index is 316. The van der Waals surface area contributed by atoms with Crippen LogP contribution in [0.15, 0.2) is 18.5 Å². The second-order valence-corrected chi connectivity index (χ2v) is 3.79. The molecule has 0 unspecified atom stereocenters. The van der Waals surface area contributed by atoms with E-state index < -0.39 is 5.79 Å². The van der Waals surface area contributed by atoms with E-state index in [2.05, 4.69) is 9.97 Å². The zero-order valence-corrected chi connectivity index (χ0v) is 8.84. The smallest absolute Gasteiger partial charge is 0.316 e. The van der Waals surface area contributed by atoms with E-state index in [1.807, 2.05) is 13.8 Å². The van der Waals surface area contributed by atoms with Crippen molar-refractivity contribution in [3.05, 3.63) is 18.5 Å². The van der Waals surface area contributed by atoms with E-state index in [9.17, 15) is 0 Å². The van der Waals surface area contributed by atoms with Gasteiger partial charge in [-0.2, -0.15) is 0 Å². The third-order valence-corrected chi connectivity index (χ3v) is 2.01. The van der Waals surface area contributed by atoms with E-state index in [0.29, 0.717) is 19.2 Å². The minimum absolute atomic E-state index is 0.0520. The third-order valence-electron chi connectivity index (χ3n) is 2.01. The molecule has 1 aliphatic rings. The summed E-state index contributed by atoms with van der Waals surface area (Å²) in [5.41, 5.74) is 0. The molecule has 1 aliphatic heterocycles. The first-order valence-corrected chi connectivity index (χ1v) is 4.87. The number of ether oxygens (including phenoxy) is 3. The molecule has 1 fully saturated rings. The van der Waals surface area contributed by atoms with Gasteiger partial charge in [-0.05, 0) is 19.9 Å². The molecule has 0 saturated carbocycles. The summed E-state index contributed by atoms with van der Waals surface area (Å²) < 4.78 is 16.3. The predicted molar refractivity (Wildman–Crippen MR) is 52.4 cm³/mol. The Balaban J connectivity index is 1.80. The van der Waals surface area contributed by atoms with Crippen LogP contribution in [-0.4, -0.2) is 35.1 Å². The lowest BCUT2D eigenvalue weighted by Crippen LogP contribution is -2.25. The molecule has 1 atom stereocenters. The molecule has 1 aromatic rings. The maximum atomic E-state index is 5.57. The summed E-state index contributed by atoms with van der Waals surface area (Å²) in [6.07, 6.45) is 3.22. The second-order valence-electron chi connectivity index (χ2n) is 3.79. The van der Waals surface area contributed by atoms with Gasteiger partial charge in [0.05, 0.1) is 6.61 Å². The standard InChI is InChI=1S/C10H14N2O3/c1-10(2)14-7-8(15-10)6-13-9-11-4-3-5-12-9/h3-5,8H,6-7H2,1-2H3/t8-/m0/s1. The van der Waals surface area contributed by atoms with Crippen molar-refractivity contribution >= 4 is 0 Å². The summed E-state index contributed by atoms with van der Waals surface area (Å²) >= 11 is 0. The van der Waals surface area contributed by atoms with Gasteiger partial charge in [0.15, 0.2) is 5.79 Å². The van der Waals surface area contributed by atoms with E-state index in [4.69, 9.17) is 14.2 Å². The summed E-state index contributed by atoms with van der Waals surface area (Å²) in [6, 6.07) is 2.11. The first-order valence-electron chi connectivity index (χ1n) is 4.87. The number of rotatable bonds is 3. The van der Waals surface area contributed by atoms with Gasteiger partial charge in [-0.3, -0.25) is 0 Å². The van der Waals surface area contributed by atoms with E-state index in [1.165, 1.54) is 0 Å². The van der Waals surface area contributed by atoms with Crippen LogP contribution in [0.2, 0.25) is 0 Å². The SMILES string of the molecule is CC1(C)OC[C@H](COc2ncccn2)O1. The average Bonchev–Trinajstić information content (AvgIpc) is 2.57. The highest BCUT2D eigenvalue weighted by Crippen LogP contribution is 2.22. The molecule has 0 N–H and O–H groups in total. The second kappa shape index (κ2) is 4.12. The Kier molecular flexibility index (Phi) is 2.83. The van der Waals surface area contributed by atoms with Crippen LogP contribution in [0.3, 0.4) is 0 Å². The molecule has 2 rings (SSSR count). The van der Waals surface area contributed by atoms with Crippen molar-refractivity contribution in [2.75, 3.05) is 13.2 Å². The molecule has 2 heterocycles. The van der Waals surface area contributed by atoms with Crippen molar-refractivity contribution in [1.82, 2.24) is 9.97 Å². The summed E-state index contributed by atoms with van der Waals surface area (Å²) in [5, 5.41) is 0. The fourth-order valence-electron chi connectivity index (χ4n) is 1.37. The summed E-state index contributed by atoms with van der Waals surface area (Å²) in [7, 11) is 0. The van der Waals surface area contributed by atoms with Crippen LogP contribution in [0.1, 0.15) is 13.8 Å². The number of hydrogen-bond donors (Lipinski definition) is 0. The lowest BCUT2D eigenvalue weighted by Gasteiger charge is -2.16. The van der Waals surface area contributed by atoms with Crippen LogP contribution in [0.5, 0.6) is 6.01 Å². The van der Waals surface area contributed by atoms with Crippen LogP contribution in [0, 0.1) is 0 Å². The first kappa shape index (κ1) is 10.3. The van der Waals surface area contributed by atoms with Crippen molar-refractivity contribution in [1.29, 1.82) is 0 Å². The highest BCUT2D eigenvalue weighted by atomic mass is 16.7. The van der Waals surface area contributed by atoms with Gasteiger partial charge >= 0.3 is 6.01 Å². The summed E-state index contributed by atoms with van der Waals surface area (Å²) in [4.78, 5) is 7.89. The van der Waals surface area contributed by atoms with E-state index in [-0.39, 0.29) is 6.10 Å². The molecule has 1 aromatic heterocycles. The minimum Gasteiger partial charge on any atom is -0.461 e. The van der Waals surface area contributed by atoms with Crippen LogP contribution < -0.4 is 4.74 Å². The fourth-order valence-corrected chi connectivity index (χ4v) is 1.37. The van der Waals surface area contributed by atoms with Crippen LogP contribution in [-0.2, 0) is 9.47 Å². The minimum atomic E-state index is -0.508. The van der Waals surface area contributed by atoms with Crippen LogP contribution in [0.25, 0.3) is 0 Å². The Morgan fingerprint density at radius 3 is 2.80 bits per heavy atom. The number of aromatic nitrogens is 2. The van der Waals surface area contributed by atoms with Gasteiger partial charge in [0.1, 0.15) is 12.7 Å². The molecule has 82 valence electrons. The van der Waals surface area contributed by atoms with Crippen molar-refractivity contribution in [3.8, 4) is 6.01 Å². The quantitative estimate of drug-likeness (QED) is 0.745. The highest BCUT2D eigenvalue weighted by Gasteiger charge is 2.33. The van der Waals surface area contributed by atoms with E-state index in [1.54, 1.807) is 18.5 Å². The molecule has 0 aromatic carbocycles. The van der Waals surface area contributed by atoms with E-state index in [0.717, 1.165) is 0 Å². The third kappa shape index (κ3) is 2.87. The maximum Gasteiger partial charge on any atom is 0.316 e. The highest BCUT2D eigenvalue weighted by molar-refractivity contribution is 4.93. The molecule has 5 nitrogen and oxygen atoms in total. The molecule has 0 amide bonds. The monoisotopic (exact) mass is 210 g/mol. The first-order chi connectivity index (χ1) is 7.16. The van der Waals surface area contributed by atoms with Gasteiger partial charge in [0.2, 0.25) is 0 Å². The molecular formula is C10H14N2O3. The molecule has 0 aliphatic carbocycles. The summed E-state index contributed by atoms with van der Waals surface area (Å²) in [5.74, 6) is -0.508. The van der Waals surface area contributed by atoms with Gasteiger partial charge in [0.25, 0.3) is 0 Å². The zero-order chi connectivity index (χ0) is 10.7. The Morgan fingerprint density at radius 1 is 1.47 bits per heavy atom. The molecule has 0 spiro atoms. The number of hydrogen-bond acceptors (Lipinski definition) is 5. The normalized spacial score (nSPS) is 24.0. The van der Waals surface area contributed by atoms with Gasteiger partial charge in [-0.15, -0.1) is 0 Å². The van der Waals surface area contributed by atoms with Crippen LogP contribution >= 0.6 is 0 Å². The predicted octanol–water partition coefficient (Wildman–Crippen LogP) is 1.01. The Labute approximate surface area is 88.4 Å². The molecule has 0 bridgehead atoms. The largest absolute Gasteiger partial charge is 0.461 e. The average molecular weight is 210 g/mol. The topological polar surface area (TPSA) is 53.5 Å². The summed E-state index contributed by atoms with van der Waals surface area (Å²) in [6.45, 7) is 4.71. The van der Waals surface area contributed by atoms with Crippen molar-refractivity contribution in [3.63, 3.8) is 0 Å². The van der Waals surface area contributed by atoms with Gasteiger partial charge < -0.3 is 14.2 Å². The Morgan fingerprint density at radius 2 is 2.20 bits per heavy atom. The Hall–Kier alpha value is -1.20. The lowest BCUT2D eigenvalue weighted by atomic mass is 10.4. The zero-order valence-electron chi connectivity index (χ0n) is 8.84. The van der Waals surface area contributed by atoms with Crippen molar-refractivity contribution in [2.24, 2.45) is 0 Å². The number of nitrogens with zero attached hydrogens (tertiary/aromatic N) is 2. The molecule has 0 radical (unpaired) electrons. The van der Waals surface area contributed by atoms with Gasteiger partial charge in [0, 0.05) is 12.4 Å². The van der Waals surface area contributed by atoms with Crippen molar-refractivity contribution in [2.45, 2.75) is 25.7 Å².